The summed E-state index contributed by atoms with van der Waals surface area (Å²) in [7, 11) is 0. The van der Waals surface area contributed by atoms with E-state index >= 15 is 0 Å². The molecule has 1 fully saturated rings. The Balaban J connectivity index is 1.88. The number of hydrogen-bond acceptors (Lipinski definition) is 5. The van der Waals surface area contributed by atoms with Gasteiger partial charge in [0.05, 0.1) is 11.6 Å². The summed E-state index contributed by atoms with van der Waals surface area (Å²) in [6, 6.07) is 5.41. The van der Waals surface area contributed by atoms with Crippen LogP contribution < -0.4 is 5.73 Å². The smallest absolute Gasteiger partial charge is 0.244 e. The lowest BCUT2D eigenvalue weighted by atomic mass is 10.1. The summed E-state index contributed by atoms with van der Waals surface area (Å²) in [5.41, 5.74) is 6.61. The van der Waals surface area contributed by atoms with Gasteiger partial charge in [0.2, 0.25) is 11.7 Å². The van der Waals surface area contributed by atoms with Crippen LogP contribution in [-0.2, 0) is 6.54 Å². The number of nitrogens with zero attached hydrogens (tertiary/aromatic N) is 3. The van der Waals surface area contributed by atoms with Crippen molar-refractivity contribution in [1.82, 2.24) is 15.0 Å². The molecule has 1 saturated heterocycles. The fourth-order valence-electron chi connectivity index (χ4n) is 3.02. The van der Waals surface area contributed by atoms with E-state index < -0.39 is 0 Å². The van der Waals surface area contributed by atoms with Crippen molar-refractivity contribution in [3.63, 3.8) is 0 Å². The largest absolute Gasteiger partial charge is 0.337 e. The number of aromatic nitrogens is 2. The molecule has 0 saturated carbocycles. The Kier molecular flexibility index (Phi) is 4.22. The molecule has 0 aliphatic carbocycles. The van der Waals surface area contributed by atoms with Crippen LogP contribution in [0.4, 0.5) is 4.39 Å². The summed E-state index contributed by atoms with van der Waals surface area (Å²) < 4.78 is 19.5. The van der Waals surface area contributed by atoms with E-state index in [1.807, 2.05) is 0 Å². The van der Waals surface area contributed by atoms with Gasteiger partial charge < -0.3 is 10.3 Å². The summed E-state index contributed by atoms with van der Waals surface area (Å²) in [6.45, 7) is 5.64. The van der Waals surface area contributed by atoms with Gasteiger partial charge in [-0.05, 0) is 50.9 Å². The average molecular weight is 304 g/mol. The van der Waals surface area contributed by atoms with Crippen LogP contribution in [0.25, 0.3) is 11.4 Å². The number of likely N-dealkylation sites (tertiary alicyclic amines) is 1. The van der Waals surface area contributed by atoms with Crippen LogP contribution in [0.15, 0.2) is 22.7 Å². The van der Waals surface area contributed by atoms with Crippen molar-refractivity contribution in [2.45, 2.75) is 45.3 Å². The van der Waals surface area contributed by atoms with E-state index in [-0.39, 0.29) is 11.9 Å². The quantitative estimate of drug-likeness (QED) is 0.940. The highest BCUT2D eigenvalue weighted by atomic mass is 19.1. The number of halogens is 1. The molecule has 1 aliphatic rings. The van der Waals surface area contributed by atoms with E-state index in [9.17, 15) is 4.39 Å². The lowest BCUT2D eigenvalue weighted by Crippen LogP contribution is -2.30. The van der Waals surface area contributed by atoms with E-state index in [1.54, 1.807) is 12.1 Å². The topological polar surface area (TPSA) is 68.2 Å². The molecule has 0 amide bonds. The highest BCUT2D eigenvalue weighted by Crippen LogP contribution is 2.33. The van der Waals surface area contributed by atoms with Crippen molar-refractivity contribution >= 4 is 0 Å². The van der Waals surface area contributed by atoms with Gasteiger partial charge >= 0.3 is 0 Å². The Morgan fingerprint density at radius 2 is 2.27 bits per heavy atom. The summed E-state index contributed by atoms with van der Waals surface area (Å²) in [4.78, 5) is 6.76. The second-order valence-electron chi connectivity index (χ2n) is 5.96. The molecule has 0 spiro atoms. The van der Waals surface area contributed by atoms with Crippen molar-refractivity contribution in [2.75, 3.05) is 6.54 Å². The first-order chi connectivity index (χ1) is 10.6. The molecule has 1 aromatic heterocycles. The summed E-state index contributed by atoms with van der Waals surface area (Å²) >= 11 is 0. The molecule has 6 heteroatoms. The lowest BCUT2D eigenvalue weighted by Gasteiger charge is -2.25. The third kappa shape index (κ3) is 2.76. The molecule has 0 bridgehead atoms. The fourth-order valence-corrected chi connectivity index (χ4v) is 3.02. The van der Waals surface area contributed by atoms with Gasteiger partial charge in [-0.2, -0.15) is 4.98 Å². The average Bonchev–Trinajstić information content (AvgIpc) is 3.15. The zero-order chi connectivity index (χ0) is 15.7. The van der Waals surface area contributed by atoms with Crippen molar-refractivity contribution in [3.05, 3.63) is 35.5 Å². The van der Waals surface area contributed by atoms with Crippen LogP contribution in [0.2, 0.25) is 0 Å². The van der Waals surface area contributed by atoms with Crippen molar-refractivity contribution < 1.29 is 8.91 Å². The molecule has 22 heavy (non-hydrogen) atoms. The monoisotopic (exact) mass is 304 g/mol. The molecule has 1 atom stereocenters. The van der Waals surface area contributed by atoms with Crippen molar-refractivity contribution in [2.24, 2.45) is 5.73 Å². The second-order valence-corrected chi connectivity index (χ2v) is 5.96. The van der Waals surface area contributed by atoms with Crippen LogP contribution >= 0.6 is 0 Å². The Hall–Kier alpha value is -1.79. The predicted molar refractivity (Wildman–Crippen MR) is 81.4 cm³/mol. The Morgan fingerprint density at radius 1 is 1.45 bits per heavy atom. The van der Waals surface area contributed by atoms with Crippen LogP contribution in [-0.4, -0.2) is 27.6 Å². The van der Waals surface area contributed by atoms with Gasteiger partial charge in [0, 0.05) is 12.6 Å². The van der Waals surface area contributed by atoms with Crippen molar-refractivity contribution in [3.8, 4) is 11.4 Å². The van der Waals surface area contributed by atoms with Crippen LogP contribution in [0, 0.1) is 5.82 Å². The molecule has 2 heterocycles. The van der Waals surface area contributed by atoms with Gasteiger partial charge in [-0.15, -0.1) is 0 Å². The van der Waals surface area contributed by atoms with E-state index in [0.717, 1.165) is 24.9 Å². The minimum Gasteiger partial charge on any atom is -0.337 e. The highest BCUT2D eigenvalue weighted by Gasteiger charge is 2.32. The molecular formula is C16H21FN4O. The molecular weight excluding hydrogens is 283 g/mol. The van der Waals surface area contributed by atoms with Crippen LogP contribution in [0.1, 0.15) is 44.2 Å². The molecule has 0 radical (unpaired) electrons. The minimum atomic E-state index is -0.373. The number of rotatable bonds is 4. The zero-order valence-electron chi connectivity index (χ0n) is 12.9. The second kappa shape index (κ2) is 6.14. The lowest BCUT2D eigenvalue weighted by molar-refractivity contribution is 0.170. The highest BCUT2D eigenvalue weighted by molar-refractivity contribution is 5.55. The fraction of sp³-hybridized carbons (Fsp3) is 0.500. The first kappa shape index (κ1) is 15.1. The molecule has 3 rings (SSSR count). The maximum absolute atomic E-state index is 14.1. The normalized spacial score (nSPS) is 19.2. The van der Waals surface area contributed by atoms with E-state index in [0.29, 0.717) is 29.9 Å². The van der Waals surface area contributed by atoms with Crippen LogP contribution in [0.3, 0.4) is 0 Å². The minimum absolute atomic E-state index is 0.132. The first-order valence-electron chi connectivity index (χ1n) is 7.68. The van der Waals surface area contributed by atoms with E-state index in [4.69, 9.17) is 10.3 Å². The molecule has 118 valence electrons. The Bertz CT molecular complexity index is 655. The van der Waals surface area contributed by atoms with Gasteiger partial charge in [-0.1, -0.05) is 11.2 Å². The van der Waals surface area contributed by atoms with Gasteiger partial charge in [0.25, 0.3) is 0 Å². The number of nitrogens with two attached hydrogens (primary N) is 1. The van der Waals surface area contributed by atoms with E-state index in [2.05, 4.69) is 28.9 Å². The van der Waals surface area contributed by atoms with Gasteiger partial charge in [-0.3, -0.25) is 4.90 Å². The van der Waals surface area contributed by atoms with Gasteiger partial charge in [0.1, 0.15) is 5.82 Å². The zero-order valence-corrected chi connectivity index (χ0v) is 12.9. The summed E-state index contributed by atoms with van der Waals surface area (Å²) in [5.74, 6) is 0.498. The van der Waals surface area contributed by atoms with Gasteiger partial charge in [0.15, 0.2) is 0 Å². The molecule has 1 aliphatic heterocycles. The summed E-state index contributed by atoms with van der Waals surface area (Å²) in [6.07, 6.45) is 2.11. The maximum Gasteiger partial charge on any atom is 0.244 e. The predicted octanol–water partition coefficient (Wildman–Crippen LogP) is 2.88. The third-order valence-corrected chi connectivity index (χ3v) is 4.19. The van der Waals surface area contributed by atoms with Crippen molar-refractivity contribution in [1.29, 1.82) is 0 Å². The SMILES string of the molecule is CC(C)N1CCCC1c1nc(-c2ccc(CN)cc2F)no1. The first-order valence-corrected chi connectivity index (χ1v) is 7.68. The Labute approximate surface area is 129 Å². The third-order valence-electron chi connectivity index (χ3n) is 4.19. The Morgan fingerprint density at radius 3 is 2.95 bits per heavy atom. The van der Waals surface area contributed by atoms with E-state index in [1.165, 1.54) is 6.07 Å². The maximum atomic E-state index is 14.1. The molecule has 1 unspecified atom stereocenters. The number of benzene rings is 1. The van der Waals surface area contributed by atoms with Crippen LogP contribution in [0.5, 0.6) is 0 Å². The number of hydrogen-bond donors (Lipinski definition) is 1. The molecule has 2 N–H and O–H groups in total. The summed E-state index contributed by atoms with van der Waals surface area (Å²) in [5, 5.41) is 3.96. The molecule has 1 aromatic carbocycles. The standard InChI is InChI=1S/C16H21FN4O/c1-10(2)21-7-3-4-14(21)16-19-15(20-22-16)12-6-5-11(9-18)8-13(12)17/h5-6,8,10,14H,3-4,7,9,18H2,1-2H3. The molecule has 5 nitrogen and oxygen atoms in total. The van der Waals surface area contributed by atoms with Gasteiger partial charge in [-0.25, -0.2) is 4.39 Å². The molecule has 2 aromatic rings.